The zero-order chi connectivity index (χ0) is 15.5. The normalized spacial score (nSPS) is 10.6. The molecule has 0 saturated carbocycles. The number of imidazole rings is 1. The Morgan fingerprint density at radius 2 is 1.77 bits per heavy atom. The first-order valence-electron chi connectivity index (χ1n) is 7.17. The molecule has 3 aromatic rings. The van der Waals surface area contributed by atoms with E-state index in [2.05, 4.69) is 11.9 Å². The molecule has 0 aliphatic rings. The molecule has 0 amide bonds. The molecule has 0 bridgehead atoms. The molecule has 0 radical (unpaired) electrons. The molecule has 0 saturated heterocycles. The van der Waals surface area contributed by atoms with Gasteiger partial charge in [0.05, 0.1) is 5.69 Å². The molecule has 0 fully saturated rings. The summed E-state index contributed by atoms with van der Waals surface area (Å²) in [5.41, 5.74) is 3.04. The first-order chi connectivity index (χ1) is 10.7. The lowest BCUT2D eigenvalue weighted by Gasteiger charge is -2.11. The van der Waals surface area contributed by atoms with Gasteiger partial charge in [0, 0.05) is 11.8 Å². The van der Waals surface area contributed by atoms with Crippen molar-refractivity contribution in [1.82, 2.24) is 9.55 Å². The van der Waals surface area contributed by atoms with Gasteiger partial charge in [-0.25, -0.2) is 9.78 Å². The number of aromatic carboxylic acids is 1. The minimum Gasteiger partial charge on any atom is -0.476 e. The van der Waals surface area contributed by atoms with E-state index >= 15 is 0 Å². The van der Waals surface area contributed by atoms with Crippen molar-refractivity contribution in [2.45, 2.75) is 13.3 Å². The van der Waals surface area contributed by atoms with Gasteiger partial charge in [0.2, 0.25) is 0 Å². The average Bonchev–Trinajstić information content (AvgIpc) is 3.01. The third-order valence-electron chi connectivity index (χ3n) is 3.59. The Labute approximate surface area is 128 Å². The highest BCUT2D eigenvalue weighted by atomic mass is 16.4. The van der Waals surface area contributed by atoms with Gasteiger partial charge in [-0.1, -0.05) is 55.5 Å². The quantitative estimate of drug-likeness (QED) is 0.795. The lowest BCUT2D eigenvalue weighted by atomic mass is 10.1. The Morgan fingerprint density at radius 3 is 2.45 bits per heavy atom. The first kappa shape index (κ1) is 14.1. The maximum absolute atomic E-state index is 11.3. The van der Waals surface area contributed by atoms with Crippen molar-refractivity contribution in [1.29, 1.82) is 0 Å². The fourth-order valence-electron chi connectivity index (χ4n) is 2.50. The molecule has 22 heavy (non-hydrogen) atoms. The smallest absolute Gasteiger partial charge is 0.356 e. The number of carbonyl (C=O) groups is 1. The van der Waals surface area contributed by atoms with Crippen LogP contribution in [0.3, 0.4) is 0 Å². The van der Waals surface area contributed by atoms with Gasteiger partial charge in [0.1, 0.15) is 5.82 Å². The second-order valence-corrected chi connectivity index (χ2v) is 4.97. The van der Waals surface area contributed by atoms with Crippen molar-refractivity contribution in [3.8, 4) is 17.1 Å². The van der Waals surface area contributed by atoms with Crippen LogP contribution in [-0.4, -0.2) is 20.6 Å². The zero-order valence-corrected chi connectivity index (χ0v) is 12.2. The van der Waals surface area contributed by atoms with Crippen LogP contribution in [0.15, 0.2) is 60.8 Å². The third-order valence-corrected chi connectivity index (χ3v) is 3.59. The number of carboxylic acid groups (broad SMARTS) is 1. The first-order valence-corrected chi connectivity index (χ1v) is 7.17. The van der Waals surface area contributed by atoms with Crippen LogP contribution in [0, 0.1) is 0 Å². The standard InChI is InChI=1S/C18H16N2O2/c1-2-13-8-6-7-11-16(13)20-12-15(18(21)22)19-17(20)14-9-4-3-5-10-14/h3-12H,2H2,1H3,(H,21,22). The van der Waals surface area contributed by atoms with Gasteiger partial charge in [0.25, 0.3) is 0 Å². The SMILES string of the molecule is CCc1ccccc1-n1cc(C(=O)O)nc1-c1ccccc1. The highest BCUT2D eigenvalue weighted by molar-refractivity contribution is 5.86. The summed E-state index contributed by atoms with van der Waals surface area (Å²) in [6.45, 7) is 2.08. The van der Waals surface area contributed by atoms with Crippen LogP contribution < -0.4 is 0 Å². The van der Waals surface area contributed by atoms with E-state index in [-0.39, 0.29) is 5.69 Å². The van der Waals surface area contributed by atoms with Crippen molar-refractivity contribution in [2.75, 3.05) is 0 Å². The van der Waals surface area contributed by atoms with E-state index in [9.17, 15) is 9.90 Å². The molecule has 0 unspecified atom stereocenters. The number of aryl methyl sites for hydroxylation is 1. The molecule has 4 nitrogen and oxygen atoms in total. The van der Waals surface area contributed by atoms with Crippen molar-refractivity contribution < 1.29 is 9.90 Å². The number of nitrogens with zero attached hydrogens (tertiary/aromatic N) is 2. The Morgan fingerprint density at radius 1 is 1.09 bits per heavy atom. The van der Waals surface area contributed by atoms with Gasteiger partial charge >= 0.3 is 5.97 Å². The lowest BCUT2D eigenvalue weighted by molar-refractivity contribution is 0.0691. The molecule has 1 aromatic heterocycles. The van der Waals surface area contributed by atoms with Gasteiger partial charge in [-0.3, -0.25) is 4.57 Å². The second kappa shape index (κ2) is 5.85. The summed E-state index contributed by atoms with van der Waals surface area (Å²) in [4.78, 5) is 15.6. The predicted molar refractivity (Wildman–Crippen MR) is 85.3 cm³/mol. The van der Waals surface area contributed by atoms with E-state index in [1.807, 2.05) is 59.2 Å². The van der Waals surface area contributed by atoms with Gasteiger partial charge in [-0.05, 0) is 18.1 Å². The monoisotopic (exact) mass is 292 g/mol. The Kier molecular flexibility index (Phi) is 3.74. The summed E-state index contributed by atoms with van der Waals surface area (Å²) >= 11 is 0. The molecule has 4 heteroatoms. The minimum absolute atomic E-state index is 0.0461. The average molecular weight is 292 g/mol. The molecule has 0 aliphatic heterocycles. The summed E-state index contributed by atoms with van der Waals surface area (Å²) in [7, 11) is 0. The fourth-order valence-corrected chi connectivity index (χ4v) is 2.50. The molecular formula is C18H16N2O2. The van der Waals surface area contributed by atoms with Crippen molar-refractivity contribution in [3.05, 3.63) is 72.1 Å². The summed E-state index contributed by atoms with van der Waals surface area (Å²) < 4.78 is 1.86. The van der Waals surface area contributed by atoms with E-state index in [0.29, 0.717) is 5.82 Å². The topological polar surface area (TPSA) is 55.1 Å². The zero-order valence-electron chi connectivity index (χ0n) is 12.2. The molecule has 3 rings (SSSR count). The van der Waals surface area contributed by atoms with E-state index < -0.39 is 5.97 Å². The van der Waals surface area contributed by atoms with Gasteiger partial charge < -0.3 is 5.11 Å². The number of hydrogen-bond donors (Lipinski definition) is 1. The molecule has 0 atom stereocenters. The molecule has 0 aliphatic carbocycles. The van der Waals surface area contributed by atoms with Crippen LogP contribution in [0.25, 0.3) is 17.1 Å². The summed E-state index contributed by atoms with van der Waals surface area (Å²) in [5, 5.41) is 9.27. The van der Waals surface area contributed by atoms with Crippen LogP contribution in [0.5, 0.6) is 0 Å². The number of para-hydroxylation sites is 1. The van der Waals surface area contributed by atoms with Crippen LogP contribution in [0.1, 0.15) is 23.0 Å². The van der Waals surface area contributed by atoms with Crippen LogP contribution in [-0.2, 0) is 6.42 Å². The third kappa shape index (κ3) is 2.51. The van der Waals surface area contributed by atoms with Crippen LogP contribution in [0.2, 0.25) is 0 Å². The minimum atomic E-state index is -1.02. The van der Waals surface area contributed by atoms with E-state index in [4.69, 9.17) is 0 Å². The summed E-state index contributed by atoms with van der Waals surface area (Å²) in [5.74, 6) is -0.385. The Hall–Kier alpha value is -2.88. The van der Waals surface area contributed by atoms with Gasteiger partial charge in [-0.2, -0.15) is 0 Å². The van der Waals surface area contributed by atoms with Gasteiger partial charge in [0.15, 0.2) is 5.69 Å². The molecule has 110 valence electrons. The van der Waals surface area contributed by atoms with Gasteiger partial charge in [-0.15, -0.1) is 0 Å². The summed E-state index contributed by atoms with van der Waals surface area (Å²) in [6.07, 6.45) is 2.45. The fraction of sp³-hybridized carbons (Fsp3) is 0.111. The number of benzene rings is 2. The second-order valence-electron chi connectivity index (χ2n) is 4.97. The van der Waals surface area contributed by atoms with E-state index in [1.165, 1.54) is 0 Å². The van der Waals surface area contributed by atoms with Crippen molar-refractivity contribution in [2.24, 2.45) is 0 Å². The maximum Gasteiger partial charge on any atom is 0.356 e. The molecule has 0 spiro atoms. The highest BCUT2D eigenvalue weighted by Crippen LogP contribution is 2.25. The predicted octanol–water partition coefficient (Wildman–Crippen LogP) is 3.80. The molecule has 1 heterocycles. The number of rotatable bonds is 4. The summed E-state index contributed by atoms with van der Waals surface area (Å²) in [6, 6.07) is 17.6. The van der Waals surface area contributed by atoms with E-state index in [1.54, 1.807) is 6.20 Å². The Bertz CT molecular complexity index is 807. The molecule has 2 aromatic carbocycles. The number of aromatic nitrogens is 2. The number of carboxylic acids is 1. The van der Waals surface area contributed by atoms with Crippen molar-refractivity contribution >= 4 is 5.97 Å². The maximum atomic E-state index is 11.3. The molecule has 1 N–H and O–H groups in total. The molecular weight excluding hydrogens is 276 g/mol. The highest BCUT2D eigenvalue weighted by Gasteiger charge is 2.16. The van der Waals surface area contributed by atoms with Crippen LogP contribution in [0.4, 0.5) is 0 Å². The number of hydrogen-bond acceptors (Lipinski definition) is 2. The Balaban J connectivity index is 2.24. The largest absolute Gasteiger partial charge is 0.476 e. The lowest BCUT2D eigenvalue weighted by Crippen LogP contribution is -2.00. The van der Waals surface area contributed by atoms with Crippen LogP contribution >= 0.6 is 0 Å². The van der Waals surface area contributed by atoms with E-state index in [0.717, 1.165) is 23.2 Å². The van der Waals surface area contributed by atoms with Crippen molar-refractivity contribution in [3.63, 3.8) is 0 Å².